The summed E-state index contributed by atoms with van der Waals surface area (Å²) >= 11 is 0. The Hall–Kier alpha value is -0.900. The summed E-state index contributed by atoms with van der Waals surface area (Å²) in [5.74, 6) is 0. The van der Waals surface area contributed by atoms with Gasteiger partial charge >= 0.3 is 0 Å². The van der Waals surface area contributed by atoms with Crippen molar-refractivity contribution in [3.8, 4) is 0 Å². The first-order valence-corrected chi connectivity index (χ1v) is 6.64. The van der Waals surface area contributed by atoms with Gasteiger partial charge in [-0.1, -0.05) is 30.3 Å². The van der Waals surface area contributed by atoms with E-state index in [1.165, 1.54) is 5.56 Å². The molecule has 3 heteroatoms. The van der Waals surface area contributed by atoms with Gasteiger partial charge in [0.25, 0.3) is 0 Å². The fourth-order valence-corrected chi connectivity index (χ4v) is 3.13. The summed E-state index contributed by atoms with van der Waals surface area (Å²) in [6.07, 6.45) is 0.739. The third-order valence-corrected chi connectivity index (χ3v) is 4.56. The van der Waals surface area contributed by atoms with Gasteiger partial charge in [0.15, 0.2) is 0 Å². The van der Waals surface area contributed by atoms with E-state index in [0.717, 1.165) is 13.0 Å². The second-order valence-corrected chi connectivity index (χ2v) is 5.96. The van der Waals surface area contributed by atoms with Crippen molar-refractivity contribution in [1.82, 2.24) is 4.90 Å². The van der Waals surface area contributed by atoms with Crippen molar-refractivity contribution < 1.29 is 5.11 Å². The minimum Gasteiger partial charge on any atom is -0.387 e. The highest BCUT2D eigenvalue weighted by molar-refractivity contribution is 5.18. The van der Waals surface area contributed by atoms with Gasteiger partial charge in [0.05, 0.1) is 5.60 Å². The molecule has 2 unspecified atom stereocenters. The van der Waals surface area contributed by atoms with Crippen LogP contribution in [-0.4, -0.2) is 33.7 Å². The van der Waals surface area contributed by atoms with Crippen molar-refractivity contribution in [1.29, 1.82) is 0 Å². The molecule has 1 heterocycles. The predicted molar refractivity (Wildman–Crippen MR) is 74.1 cm³/mol. The van der Waals surface area contributed by atoms with Crippen molar-refractivity contribution in [3.05, 3.63) is 35.9 Å². The molecule has 0 radical (unpaired) electrons. The first-order chi connectivity index (χ1) is 8.40. The van der Waals surface area contributed by atoms with Gasteiger partial charge in [0.1, 0.15) is 0 Å². The van der Waals surface area contributed by atoms with Crippen LogP contribution in [0.1, 0.15) is 32.8 Å². The van der Waals surface area contributed by atoms with E-state index in [4.69, 9.17) is 5.73 Å². The zero-order valence-electron chi connectivity index (χ0n) is 11.6. The number of nitrogens with two attached hydrogens (primary N) is 1. The lowest BCUT2D eigenvalue weighted by Gasteiger charge is -2.42. The van der Waals surface area contributed by atoms with Crippen LogP contribution in [0.25, 0.3) is 0 Å². The van der Waals surface area contributed by atoms with Gasteiger partial charge in [-0.2, -0.15) is 0 Å². The number of aliphatic hydroxyl groups is 1. The van der Waals surface area contributed by atoms with E-state index in [-0.39, 0.29) is 5.54 Å². The molecule has 0 spiro atoms. The maximum absolute atomic E-state index is 10.7. The summed E-state index contributed by atoms with van der Waals surface area (Å²) < 4.78 is 0. The van der Waals surface area contributed by atoms with Crippen LogP contribution in [0.2, 0.25) is 0 Å². The molecular formula is C15H24N2O. The number of benzene rings is 1. The number of nitrogens with zero attached hydrogens (tertiary/aromatic N) is 1. The van der Waals surface area contributed by atoms with Crippen LogP contribution >= 0.6 is 0 Å². The Labute approximate surface area is 110 Å². The summed E-state index contributed by atoms with van der Waals surface area (Å²) in [6.45, 7) is 7.52. The average molecular weight is 248 g/mol. The molecule has 0 amide bonds. The number of hydrogen-bond acceptors (Lipinski definition) is 3. The first kappa shape index (κ1) is 13.5. The van der Waals surface area contributed by atoms with Gasteiger partial charge in [0, 0.05) is 24.7 Å². The molecule has 100 valence electrons. The standard InChI is InChI=1S/C15H24N2O/c1-12-9-15(18,11-16)14(2,3)17(12)10-13-7-5-4-6-8-13/h4-8,12,18H,9-11,16H2,1-3H3. The Bertz CT molecular complexity index is 404. The first-order valence-electron chi connectivity index (χ1n) is 6.64. The zero-order valence-corrected chi connectivity index (χ0v) is 11.6. The molecule has 0 aromatic heterocycles. The third-order valence-electron chi connectivity index (χ3n) is 4.56. The molecule has 0 aliphatic carbocycles. The Balaban J connectivity index is 2.23. The Kier molecular flexibility index (Phi) is 3.49. The molecule has 0 bridgehead atoms. The Morgan fingerprint density at radius 2 is 1.94 bits per heavy atom. The lowest BCUT2D eigenvalue weighted by atomic mass is 9.83. The average Bonchev–Trinajstić information content (AvgIpc) is 2.51. The molecule has 1 aromatic rings. The molecule has 3 nitrogen and oxygen atoms in total. The molecule has 2 rings (SSSR count). The maximum atomic E-state index is 10.7. The quantitative estimate of drug-likeness (QED) is 0.857. The summed E-state index contributed by atoms with van der Waals surface area (Å²) in [5, 5.41) is 10.7. The zero-order chi connectivity index (χ0) is 13.4. The van der Waals surface area contributed by atoms with E-state index in [0.29, 0.717) is 12.6 Å². The number of rotatable bonds is 3. The lowest BCUT2D eigenvalue weighted by Crippen LogP contribution is -2.57. The van der Waals surface area contributed by atoms with Crippen LogP contribution in [0.5, 0.6) is 0 Å². The Morgan fingerprint density at radius 3 is 2.44 bits per heavy atom. The van der Waals surface area contributed by atoms with Gasteiger partial charge in [-0.15, -0.1) is 0 Å². The Morgan fingerprint density at radius 1 is 1.33 bits per heavy atom. The molecule has 3 N–H and O–H groups in total. The summed E-state index contributed by atoms with van der Waals surface area (Å²) in [6, 6.07) is 10.7. The predicted octanol–water partition coefficient (Wildman–Crippen LogP) is 1.75. The van der Waals surface area contributed by atoms with E-state index >= 15 is 0 Å². The smallest absolute Gasteiger partial charge is 0.0961 e. The van der Waals surface area contributed by atoms with E-state index in [9.17, 15) is 5.11 Å². The fourth-order valence-electron chi connectivity index (χ4n) is 3.13. The summed E-state index contributed by atoms with van der Waals surface area (Å²) in [5.41, 5.74) is 5.98. The number of hydrogen-bond donors (Lipinski definition) is 2. The monoisotopic (exact) mass is 248 g/mol. The minimum atomic E-state index is -0.790. The van der Waals surface area contributed by atoms with E-state index in [2.05, 4.69) is 49.9 Å². The van der Waals surface area contributed by atoms with Crippen LogP contribution in [0, 0.1) is 0 Å². The molecule has 1 aliphatic heterocycles. The van der Waals surface area contributed by atoms with Crippen LogP contribution < -0.4 is 5.73 Å². The van der Waals surface area contributed by atoms with Crippen molar-refractivity contribution in [3.63, 3.8) is 0 Å². The van der Waals surface area contributed by atoms with Crippen LogP contribution in [-0.2, 0) is 6.54 Å². The molecule has 2 atom stereocenters. The normalized spacial score (nSPS) is 31.7. The fraction of sp³-hybridized carbons (Fsp3) is 0.600. The van der Waals surface area contributed by atoms with Gasteiger partial charge < -0.3 is 10.8 Å². The summed E-state index contributed by atoms with van der Waals surface area (Å²) in [7, 11) is 0. The van der Waals surface area contributed by atoms with E-state index in [1.54, 1.807) is 0 Å². The summed E-state index contributed by atoms with van der Waals surface area (Å²) in [4.78, 5) is 2.36. The van der Waals surface area contributed by atoms with E-state index < -0.39 is 5.60 Å². The largest absolute Gasteiger partial charge is 0.387 e. The highest BCUT2D eigenvalue weighted by Crippen LogP contribution is 2.42. The second-order valence-electron chi connectivity index (χ2n) is 5.96. The highest BCUT2D eigenvalue weighted by Gasteiger charge is 2.54. The van der Waals surface area contributed by atoms with E-state index in [1.807, 2.05) is 6.07 Å². The van der Waals surface area contributed by atoms with Crippen molar-refractivity contribution in [2.24, 2.45) is 5.73 Å². The molecule has 1 aliphatic rings. The van der Waals surface area contributed by atoms with Crippen molar-refractivity contribution >= 4 is 0 Å². The molecular weight excluding hydrogens is 224 g/mol. The molecule has 0 saturated carbocycles. The van der Waals surface area contributed by atoms with Gasteiger partial charge in [0.2, 0.25) is 0 Å². The van der Waals surface area contributed by atoms with Crippen LogP contribution in [0.15, 0.2) is 30.3 Å². The SMILES string of the molecule is CC1CC(O)(CN)C(C)(C)N1Cc1ccccc1. The van der Waals surface area contributed by atoms with Gasteiger partial charge in [-0.05, 0) is 32.8 Å². The molecule has 18 heavy (non-hydrogen) atoms. The van der Waals surface area contributed by atoms with Gasteiger partial charge in [-0.3, -0.25) is 4.90 Å². The third kappa shape index (κ3) is 2.07. The highest BCUT2D eigenvalue weighted by atomic mass is 16.3. The van der Waals surface area contributed by atoms with Crippen LogP contribution in [0.3, 0.4) is 0 Å². The number of likely N-dealkylation sites (tertiary alicyclic amines) is 1. The van der Waals surface area contributed by atoms with Crippen molar-refractivity contribution in [2.75, 3.05) is 6.54 Å². The second kappa shape index (κ2) is 4.65. The van der Waals surface area contributed by atoms with Gasteiger partial charge in [-0.25, -0.2) is 0 Å². The van der Waals surface area contributed by atoms with Crippen molar-refractivity contribution in [2.45, 2.75) is 50.9 Å². The topological polar surface area (TPSA) is 49.5 Å². The lowest BCUT2D eigenvalue weighted by molar-refractivity contribution is -0.0410. The van der Waals surface area contributed by atoms with Crippen LogP contribution in [0.4, 0.5) is 0 Å². The molecule has 1 fully saturated rings. The molecule has 1 saturated heterocycles. The maximum Gasteiger partial charge on any atom is 0.0961 e. The molecule has 1 aromatic carbocycles. The minimum absolute atomic E-state index is 0.295.